The number of hydrazone groups is 1. The highest BCUT2D eigenvalue weighted by Gasteiger charge is 2.14. The fourth-order valence-corrected chi connectivity index (χ4v) is 4.76. The smallest absolute Gasteiger partial charge is 0.269 e. The first kappa shape index (κ1) is 28.4. The molecule has 0 atom stereocenters. The Hall–Kier alpha value is -5.12. The van der Waals surface area contributed by atoms with Crippen LogP contribution in [-0.2, 0) is 0 Å². The second-order valence-corrected chi connectivity index (χ2v) is 10.0. The number of nitro benzene ring substituents is 1. The largest absolute Gasteiger partial charge is 0.341 e. The van der Waals surface area contributed by atoms with Gasteiger partial charge in [-0.25, -0.2) is 5.43 Å². The lowest BCUT2D eigenvalue weighted by molar-refractivity contribution is -0.384. The molecule has 214 valence electrons. The van der Waals surface area contributed by atoms with Crippen molar-refractivity contribution in [2.24, 2.45) is 5.10 Å². The van der Waals surface area contributed by atoms with Crippen LogP contribution < -0.4 is 15.6 Å². The third-order valence-electron chi connectivity index (χ3n) is 6.98. The molecule has 10 heteroatoms. The number of fused-ring (bicyclic) bond motifs is 2. The summed E-state index contributed by atoms with van der Waals surface area (Å²) in [7, 11) is 0. The third kappa shape index (κ3) is 6.77. The lowest BCUT2D eigenvalue weighted by Crippen LogP contribution is -2.28. The molecule has 0 aliphatic heterocycles. The topological polar surface area (TPSA) is 121 Å². The molecule has 0 aliphatic carbocycles. The standard InChI is InChI=1S/C32H34N8O2/c1-3-5-19-39(20-6-4-2)32-36-30(34-25-15-17-26(18-16-25)40(41)42)35-31(37-32)38-33-22-29-27-13-9-7-11-23(27)21-24-12-8-10-14-28(24)29/h7-18,21-22H,3-6,19-20H2,1-2H3,(H2,34,35,36,37,38)/b33-22+. The lowest BCUT2D eigenvalue weighted by atomic mass is 9.97. The predicted molar refractivity (Wildman–Crippen MR) is 171 cm³/mol. The van der Waals surface area contributed by atoms with E-state index >= 15 is 0 Å². The maximum absolute atomic E-state index is 11.1. The molecule has 0 fully saturated rings. The van der Waals surface area contributed by atoms with Crippen LogP contribution >= 0.6 is 0 Å². The molecule has 0 saturated heterocycles. The number of anilines is 4. The molecule has 0 radical (unpaired) electrons. The van der Waals surface area contributed by atoms with E-state index in [4.69, 9.17) is 9.97 Å². The number of nitrogens with one attached hydrogen (secondary N) is 2. The molecular weight excluding hydrogens is 528 g/mol. The summed E-state index contributed by atoms with van der Waals surface area (Å²) in [6.45, 7) is 5.96. The molecule has 42 heavy (non-hydrogen) atoms. The van der Waals surface area contributed by atoms with Crippen LogP contribution in [0, 0.1) is 10.1 Å². The molecule has 0 spiro atoms. The fraction of sp³-hybridized carbons (Fsp3) is 0.250. The molecule has 10 nitrogen and oxygen atoms in total. The Morgan fingerprint density at radius 2 is 1.43 bits per heavy atom. The lowest BCUT2D eigenvalue weighted by Gasteiger charge is -2.23. The van der Waals surface area contributed by atoms with Gasteiger partial charge in [0.25, 0.3) is 5.69 Å². The minimum absolute atomic E-state index is 0.0137. The van der Waals surface area contributed by atoms with Crippen molar-refractivity contribution >= 4 is 57.0 Å². The second-order valence-electron chi connectivity index (χ2n) is 10.0. The van der Waals surface area contributed by atoms with E-state index in [2.05, 4.69) is 69.9 Å². The van der Waals surface area contributed by atoms with Crippen molar-refractivity contribution in [3.05, 3.63) is 94.5 Å². The molecular formula is C32H34N8O2. The van der Waals surface area contributed by atoms with Crippen molar-refractivity contribution in [2.45, 2.75) is 39.5 Å². The highest BCUT2D eigenvalue weighted by molar-refractivity contribution is 6.13. The average molecular weight is 563 g/mol. The van der Waals surface area contributed by atoms with E-state index in [1.807, 2.05) is 30.5 Å². The summed E-state index contributed by atoms with van der Waals surface area (Å²) in [6, 6.07) is 24.8. The molecule has 0 aliphatic rings. The molecule has 1 heterocycles. The molecule has 0 bridgehead atoms. The third-order valence-corrected chi connectivity index (χ3v) is 6.98. The van der Waals surface area contributed by atoms with Gasteiger partial charge in [-0.1, -0.05) is 75.2 Å². The number of nitrogens with zero attached hydrogens (tertiary/aromatic N) is 6. The first-order valence-electron chi connectivity index (χ1n) is 14.3. The van der Waals surface area contributed by atoms with Gasteiger partial charge in [-0.05, 0) is 52.6 Å². The number of hydrogen-bond acceptors (Lipinski definition) is 9. The van der Waals surface area contributed by atoms with Crippen LogP contribution in [0.1, 0.15) is 45.1 Å². The number of rotatable bonds is 13. The predicted octanol–water partition coefficient (Wildman–Crippen LogP) is 7.68. The maximum Gasteiger partial charge on any atom is 0.269 e. The Morgan fingerprint density at radius 3 is 2.02 bits per heavy atom. The van der Waals surface area contributed by atoms with Gasteiger partial charge in [0.1, 0.15) is 0 Å². The molecule has 2 N–H and O–H groups in total. The Kier molecular flexibility index (Phi) is 9.13. The number of benzene rings is 4. The number of unbranched alkanes of at least 4 members (excludes halogenated alkanes) is 2. The van der Waals surface area contributed by atoms with Gasteiger partial charge >= 0.3 is 0 Å². The van der Waals surface area contributed by atoms with Crippen molar-refractivity contribution in [3.8, 4) is 0 Å². The zero-order valence-corrected chi connectivity index (χ0v) is 23.8. The monoisotopic (exact) mass is 562 g/mol. The normalized spacial score (nSPS) is 11.3. The van der Waals surface area contributed by atoms with E-state index in [9.17, 15) is 10.1 Å². The molecule has 5 aromatic rings. The quantitative estimate of drug-likeness (QED) is 0.0648. The average Bonchev–Trinajstić information content (AvgIpc) is 3.01. The molecule has 0 amide bonds. The molecule has 4 aromatic carbocycles. The van der Waals surface area contributed by atoms with E-state index in [-0.39, 0.29) is 5.69 Å². The maximum atomic E-state index is 11.1. The van der Waals surface area contributed by atoms with Crippen LogP contribution in [0.15, 0.2) is 84.0 Å². The van der Waals surface area contributed by atoms with Crippen molar-refractivity contribution in [2.75, 3.05) is 28.7 Å². The summed E-state index contributed by atoms with van der Waals surface area (Å²) >= 11 is 0. The minimum Gasteiger partial charge on any atom is -0.341 e. The Morgan fingerprint density at radius 1 is 0.833 bits per heavy atom. The summed E-state index contributed by atoms with van der Waals surface area (Å²) in [4.78, 5) is 26.8. The highest BCUT2D eigenvalue weighted by Crippen LogP contribution is 2.27. The summed E-state index contributed by atoms with van der Waals surface area (Å²) in [6.07, 6.45) is 5.93. The van der Waals surface area contributed by atoms with Crippen LogP contribution in [0.2, 0.25) is 0 Å². The highest BCUT2D eigenvalue weighted by atomic mass is 16.6. The van der Waals surface area contributed by atoms with Crippen LogP contribution in [-0.4, -0.2) is 39.2 Å². The van der Waals surface area contributed by atoms with Crippen LogP contribution in [0.5, 0.6) is 0 Å². The zero-order chi connectivity index (χ0) is 29.3. The summed E-state index contributed by atoms with van der Waals surface area (Å²) < 4.78 is 0. The van der Waals surface area contributed by atoms with Crippen molar-refractivity contribution < 1.29 is 4.92 Å². The first-order chi connectivity index (χ1) is 20.6. The van der Waals surface area contributed by atoms with Gasteiger partial charge < -0.3 is 10.2 Å². The summed E-state index contributed by atoms with van der Waals surface area (Å²) in [5.74, 6) is 1.16. The van der Waals surface area contributed by atoms with E-state index in [0.29, 0.717) is 23.5 Å². The molecule has 1 aromatic heterocycles. The van der Waals surface area contributed by atoms with E-state index < -0.39 is 4.92 Å². The Labute approximate surface area is 244 Å². The molecule has 5 rings (SSSR count). The van der Waals surface area contributed by atoms with Crippen molar-refractivity contribution in [1.82, 2.24) is 15.0 Å². The Balaban J connectivity index is 1.49. The van der Waals surface area contributed by atoms with Crippen molar-refractivity contribution in [1.29, 1.82) is 0 Å². The van der Waals surface area contributed by atoms with Gasteiger partial charge in [-0.3, -0.25) is 10.1 Å². The summed E-state index contributed by atoms with van der Waals surface area (Å²) in [5, 5.41) is 23.3. The number of aromatic nitrogens is 3. The molecule has 0 unspecified atom stereocenters. The van der Waals surface area contributed by atoms with E-state index in [0.717, 1.165) is 65.9 Å². The van der Waals surface area contributed by atoms with E-state index in [1.165, 1.54) is 12.1 Å². The van der Waals surface area contributed by atoms with Gasteiger partial charge in [-0.15, -0.1) is 0 Å². The Bertz CT molecular complexity index is 1640. The van der Waals surface area contributed by atoms with Gasteiger partial charge in [0.15, 0.2) is 0 Å². The van der Waals surface area contributed by atoms with Crippen LogP contribution in [0.3, 0.4) is 0 Å². The van der Waals surface area contributed by atoms with E-state index in [1.54, 1.807) is 12.1 Å². The molecule has 0 saturated carbocycles. The zero-order valence-electron chi connectivity index (χ0n) is 23.8. The SMILES string of the molecule is CCCCN(CCCC)c1nc(N/N=C/c2c3ccccc3cc3ccccc23)nc(Nc2ccc([N+](=O)[O-])cc2)n1. The fourth-order valence-electron chi connectivity index (χ4n) is 4.76. The number of hydrogen-bond donors (Lipinski definition) is 2. The van der Waals surface area contributed by atoms with Crippen molar-refractivity contribution in [3.63, 3.8) is 0 Å². The van der Waals surface area contributed by atoms with Gasteiger partial charge in [0.05, 0.1) is 11.1 Å². The van der Waals surface area contributed by atoms with Gasteiger partial charge in [-0.2, -0.15) is 20.1 Å². The van der Waals surface area contributed by atoms with Crippen LogP contribution in [0.25, 0.3) is 21.5 Å². The number of non-ortho nitro benzene ring substituents is 1. The summed E-state index contributed by atoms with van der Waals surface area (Å²) in [5.41, 5.74) is 4.68. The van der Waals surface area contributed by atoms with Gasteiger partial charge in [0, 0.05) is 36.5 Å². The van der Waals surface area contributed by atoms with Gasteiger partial charge in [0.2, 0.25) is 17.8 Å². The first-order valence-corrected chi connectivity index (χ1v) is 14.3. The second kappa shape index (κ2) is 13.5. The van der Waals surface area contributed by atoms with Crippen LogP contribution in [0.4, 0.5) is 29.2 Å². The minimum atomic E-state index is -0.427. The number of nitro groups is 1.